The second-order valence-electron chi connectivity index (χ2n) is 4.69. The van der Waals surface area contributed by atoms with Crippen LogP contribution in [0.25, 0.3) is 0 Å². The lowest BCUT2D eigenvalue weighted by Crippen LogP contribution is -2.46. The summed E-state index contributed by atoms with van der Waals surface area (Å²) in [5, 5.41) is 29.2. The van der Waals surface area contributed by atoms with Crippen molar-refractivity contribution < 1.29 is 24.9 Å². The van der Waals surface area contributed by atoms with Gasteiger partial charge in [0.05, 0.1) is 13.7 Å². The fraction of sp³-hybridized carbons (Fsp3) is 0.636. The Kier molecular flexibility index (Phi) is 4.06. The zero-order chi connectivity index (χ0) is 14.9. The molecule has 0 saturated carbocycles. The van der Waals surface area contributed by atoms with E-state index in [1.54, 1.807) is 0 Å². The van der Waals surface area contributed by atoms with Crippen LogP contribution in [0.2, 0.25) is 0 Å². The van der Waals surface area contributed by atoms with Crippen molar-refractivity contribution in [1.82, 2.24) is 9.55 Å². The van der Waals surface area contributed by atoms with Gasteiger partial charge in [0.1, 0.15) is 17.8 Å². The molecule has 0 amide bonds. The molecule has 0 aromatic carbocycles. The Balaban J connectivity index is 2.34. The minimum absolute atomic E-state index is 0.200. The Labute approximate surface area is 114 Å². The maximum Gasteiger partial charge on any atom is 0.351 e. The van der Waals surface area contributed by atoms with Crippen molar-refractivity contribution in [2.75, 3.05) is 19.2 Å². The molecule has 112 valence electrons. The van der Waals surface area contributed by atoms with E-state index in [-0.39, 0.29) is 5.82 Å². The predicted molar refractivity (Wildman–Crippen MR) is 66.8 cm³/mol. The molecular weight excluding hydrogens is 270 g/mol. The van der Waals surface area contributed by atoms with Gasteiger partial charge < -0.3 is 20.1 Å². The van der Waals surface area contributed by atoms with Crippen molar-refractivity contribution in [1.29, 1.82) is 0 Å². The molecule has 9 nitrogen and oxygen atoms in total. The molecule has 2 unspecified atom stereocenters. The van der Waals surface area contributed by atoms with Gasteiger partial charge in [-0.25, -0.2) is 10.3 Å². The van der Waals surface area contributed by atoms with Gasteiger partial charge in [0.15, 0.2) is 12.0 Å². The molecule has 2 heterocycles. The molecule has 20 heavy (non-hydrogen) atoms. The summed E-state index contributed by atoms with van der Waals surface area (Å²) in [5.41, 5.74) is -0.0202. The van der Waals surface area contributed by atoms with Crippen LogP contribution in [0.4, 0.5) is 5.82 Å². The van der Waals surface area contributed by atoms with Crippen LogP contribution < -0.4 is 11.2 Å². The molecule has 0 spiro atoms. The first-order valence-corrected chi connectivity index (χ1v) is 5.96. The van der Waals surface area contributed by atoms with Crippen LogP contribution in [0.15, 0.2) is 17.1 Å². The third-order valence-electron chi connectivity index (χ3n) is 3.22. The normalized spacial score (nSPS) is 33.4. The van der Waals surface area contributed by atoms with Crippen molar-refractivity contribution in [2.45, 2.75) is 31.0 Å². The summed E-state index contributed by atoms with van der Waals surface area (Å²) >= 11 is 0. The minimum Gasteiger partial charge on any atom is -0.394 e. The number of aromatic nitrogens is 2. The Bertz CT molecular complexity index is 531. The highest BCUT2D eigenvalue weighted by molar-refractivity contribution is 5.28. The fourth-order valence-electron chi connectivity index (χ4n) is 2.14. The summed E-state index contributed by atoms with van der Waals surface area (Å²) < 4.78 is 6.37. The van der Waals surface area contributed by atoms with Crippen LogP contribution in [0.1, 0.15) is 13.2 Å². The first-order chi connectivity index (χ1) is 9.41. The second-order valence-corrected chi connectivity index (χ2v) is 4.69. The third kappa shape index (κ3) is 2.41. The molecule has 1 saturated heterocycles. The molecule has 4 N–H and O–H groups in total. The number of hydrogen-bond acceptors (Lipinski definition) is 8. The number of nitrogens with zero attached hydrogens (tertiary/aromatic N) is 2. The van der Waals surface area contributed by atoms with E-state index in [4.69, 9.17) is 9.84 Å². The van der Waals surface area contributed by atoms with Gasteiger partial charge in [0.2, 0.25) is 0 Å². The summed E-state index contributed by atoms with van der Waals surface area (Å²) in [6.07, 6.45) is -2.09. The van der Waals surface area contributed by atoms with Gasteiger partial charge >= 0.3 is 5.69 Å². The zero-order valence-corrected chi connectivity index (χ0v) is 11.1. The van der Waals surface area contributed by atoms with Crippen LogP contribution in [-0.4, -0.2) is 56.4 Å². The SMILES string of the molecule is CONc1ccn([C@@H]2O[C@H](CO)C(O)C2(C)O)c(=O)n1. The van der Waals surface area contributed by atoms with Gasteiger partial charge in [0.25, 0.3) is 0 Å². The van der Waals surface area contributed by atoms with Crippen LogP contribution >= 0.6 is 0 Å². The van der Waals surface area contributed by atoms with Crippen LogP contribution in [-0.2, 0) is 9.57 Å². The highest BCUT2D eigenvalue weighted by Gasteiger charge is 2.53. The van der Waals surface area contributed by atoms with E-state index in [0.29, 0.717) is 0 Å². The quantitative estimate of drug-likeness (QED) is 0.479. The molecule has 0 aliphatic carbocycles. The highest BCUT2D eigenvalue weighted by Crippen LogP contribution is 2.37. The Morgan fingerprint density at radius 1 is 1.65 bits per heavy atom. The van der Waals surface area contributed by atoms with Gasteiger partial charge in [-0.15, -0.1) is 0 Å². The number of rotatable bonds is 4. The molecule has 0 bridgehead atoms. The standard InChI is InChI=1S/C11H17N3O6/c1-11(18)8(16)6(5-15)20-9(11)14-4-3-7(13-19-2)12-10(14)17/h3-4,6,8-9,15-16,18H,5H2,1-2H3,(H,12,13,17)/t6-,8?,9-,11?/m1/s1. The Hall–Kier alpha value is -1.52. The van der Waals surface area contributed by atoms with Crippen LogP contribution in [0.5, 0.6) is 0 Å². The number of ether oxygens (including phenoxy) is 1. The molecule has 1 aromatic rings. The summed E-state index contributed by atoms with van der Waals surface area (Å²) in [4.78, 5) is 20.2. The van der Waals surface area contributed by atoms with Crippen molar-refractivity contribution in [3.8, 4) is 0 Å². The zero-order valence-electron chi connectivity index (χ0n) is 11.1. The van der Waals surface area contributed by atoms with E-state index < -0.39 is 36.3 Å². The molecule has 1 aliphatic heterocycles. The van der Waals surface area contributed by atoms with Gasteiger partial charge in [0, 0.05) is 6.20 Å². The predicted octanol–water partition coefficient (Wildman–Crippen LogP) is -1.78. The van der Waals surface area contributed by atoms with Crippen molar-refractivity contribution >= 4 is 5.82 Å². The number of nitrogens with one attached hydrogen (secondary N) is 1. The van der Waals surface area contributed by atoms with Crippen molar-refractivity contribution in [2.24, 2.45) is 0 Å². The highest BCUT2D eigenvalue weighted by atomic mass is 16.6. The smallest absolute Gasteiger partial charge is 0.351 e. The summed E-state index contributed by atoms with van der Waals surface area (Å²) in [5.74, 6) is 0.200. The largest absolute Gasteiger partial charge is 0.394 e. The van der Waals surface area contributed by atoms with E-state index in [9.17, 15) is 15.0 Å². The Morgan fingerprint density at radius 3 is 2.85 bits per heavy atom. The first-order valence-electron chi connectivity index (χ1n) is 5.96. The molecule has 1 aromatic heterocycles. The average Bonchev–Trinajstić information content (AvgIpc) is 2.62. The molecule has 0 radical (unpaired) electrons. The number of hydrogen-bond donors (Lipinski definition) is 4. The van der Waals surface area contributed by atoms with E-state index in [1.165, 1.54) is 26.3 Å². The lowest BCUT2D eigenvalue weighted by atomic mass is 9.96. The van der Waals surface area contributed by atoms with Gasteiger partial charge in [-0.05, 0) is 13.0 Å². The lowest BCUT2D eigenvalue weighted by molar-refractivity contribution is -0.0987. The van der Waals surface area contributed by atoms with Crippen LogP contribution in [0.3, 0.4) is 0 Å². The van der Waals surface area contributed by atoms with Crippen LogP contribution in [0, 0.1) is 0 Å². The molecule has 1 aliphatic rings. The minimum atomic E-state index is -1.73. The summed E-state index contributed by atoms with van der Waals surface area (Å²) in [7, 11) is 1.38. The summed E-state index contributed by atoms with van der Waals surface area (Å²) in [6, 6.07) is 1.45. The van der Waals surface area contributed by atoms with Gasteiger partial charge in [-0.2, -0.15) is 4.98 Å². The third-order valence-corrected chi connectivity index (χ3v) is 3.22. The first kappa shape index (κ1) is 14.9. The molecule has 1 fully saturated rings. The van der Waals surface area contributed by atoms with Crippen molar-refractivity contribution in [3.05, 3.63) is 22.7 Å². The molecule has 2 rings (SSSR count). The molecule has 4 atom stereocenters. The van der Waals surface area contributed by atoms with E-state index in [2.05, 4.69) is 15.3 Å². The van der Waals surface area contributed by atoms with Gasteiger partial charge in [-0.1, -0.05) is 0 Å². The lowest BCUT2D eigenvalue weighted by Gasteiger charge is -2.27. The molecular formula is C11H17N3O6. The number of aliphatic hydroxyl groups excluding tert-OH is 2. The van der Waals surface area contributed by atoms with E-state index >= 15 is 0 Å². The van der Waals surface area contributed by atoms with Gasteiger partial charge in [-0.3, -0.25) is 9.40 Å². The number of anilines is 1. The maximum atomic E-state index is 11.9. The average molecular weight is 287 g/mol. The Morgan fingerprint density at radius 2 is 2.35 bits per heavy atom. The summed E-state index contributed by atoms with van der Waals surface area (Å²) in [6.45, 7) is 0.852. The second kappa shape index (κ2) is 5.46. The maximum absolute atomic E-state index is 11.9. The number of aliphatic hydroxyl groups is 3. The van der Waals surface area contributed by atoms with E-state index in [0.717, 1.165) is 4.57 Å². The van der Waals surface area contributed by atoms with Crippen molar-refractivity contribution in [3.63, 3.8) is 0 Å². The monoisotopic (exact) mass is 287 g/mol. The fourth-order valence-corrected chi connectivity index (χ4v) is 2.14. The molecule has 9 heteroatoms. The van der Waals surface area contributed by atoms with E-state index in [1.807, 2.05) is 0 Å². The topological polar surface area (TPSA) is 126 Å².